The minimum absolute atomic E-state index is 0.0108. The van der Waals surface area contributed by atoms with Crippen molar-refractivity contribution in [3.63, 3.8) is 0 Å². The molecule has 2 aromatic rings. The third-order valence-corrected chi connectivity index (χ3v) is 4.31. The molecule has 0 aliphatic carbocycles. The van der Waals surface area contributed by atoms with Gasteiger partial charge >= 0.3 is 0 Å². The molecule has 1 aliphatic heterocycles. The second-order valence-corrected chi connectivity index (χ2v) is 6.42. The van der Waals surface area contributed by atoms with Gasteiger partial charge in [0, 0.05) is 50.1 Å². The summed E-state index contributed by atoms with van der Waals surface area (Å²) in [5.41, 5.74) is 2.02. The number of carbonyl (C=O) groups is 2. The number of carbonyl (C=O) groups excluding carboxylic acids is 2. The van der Waals surface area contributed by atoms with Gasteiger partial charge in [0.15, 0.2) is 0 Å². The lowest BCUT2D eigenvalue weighted by Gasteiger charge is -2.35. The average molecular weight is 338 g/mol. The van der Waals surface area contributed by atoms with Crippen molar-refractivity contribution in [2.24, 2.45) is 5.92 Å². The van der Waals surface area contributed by atoms with Crippen molar-refractivity contribution in [3.05, 3.63) is 48.3 Å². The number of amides is 2. The van der Waals surface area contributed by atoms with Gasteiger partial charge in [0.05, 0.1) is 11.4 Å². The van der Waals surface area contributed by atoms with E-state index in [2.05, 4.69) is 9.97 Å². The first-order valence-corrected chi connectivity index (χ1v) is 8.52. The average Bonchev–Trinajstić information content (AvgIpc) is 2.67. The van der Waals surface area contributed by atoms with Gasteiger partial charge in [-0.3, -0.25) is 19.6 Å². The van der Waals surface area contributed by atoms with Crippen LogP contribution in [0.5, 0.6) is 0 Å². The molecule has 3 heterocycles. The molecule has 1 fully saturated rings. The summed E-state index contributed by atoms with van der Waals surface area (Å²) >= 11 is 0. The van der Waals surface area contributed by atoms with Crippen molar-refractivity contribution in [1.29, 1.82) is 0 Å². The van der Waals surface area contributed by atoms with Gasteiger partial charge in [-0.05, 0) is 24.3 Å². The molecule has 1 aliphatic rings. The lowest BCUT2D eigenvalue weighted by atomic mass is 10.1. The van der Waals surface area contributed by atoms with E-state index in [0.717, 1.165) is 5.69 Å². The number of nitrogens with zero attached hydrogens (tertiary/aromatic N) is 4. The summed E-state index contributed by atoms with van der Waals surface area (Å²) in [7, 11) is 0. The minimum atomic E-state index is -0.0313. The highest BCUT2D eigenvalue weighted by molar-refractivity contribution is 5.95. The molecule has 0 unspecified atom stereocenters. The molecule has 0 atom stereocenters. The molecule has 1 saturated heterocycles. The second-order valence-electron chi connectivity index (χ2n) is 6.42. The third kappa shape index (κ3) is 3.84. The van der Waals surface area contributed by atoms with Crippen molar-refractivity contribution >= 4 is 11.8 Å². The highest BCUT2D eigenvalue weighted by atomic mass is 16.2. The molecular formula is C19H22N4O2. The van der Waals surface area contributed by atoms with E-state index in [-0.39, 0.29) is 17.7 Å². The predicted octanol–water partition coefficient (Wildman–Crippen LogP) is 2.08. The fourth-order valence-corrected chi connectivity index (χ4v) is 2.90. The molecule has 6 heteroatoms. The molecule has 25 heavy (non-hydrogen) atoms. The van der Waals surface area contributed by atoms with E-state index in [1.54, 1.807) is 29.4 Å². The molecule has 130 valence electrons. The molecule has 2 amide bonds. The quantitative estimate of drug-likeness (QED) is 0.859. The summed E-state index contributed by atoms with van der Waals surface area (Å²) in [6.45, 7) is 6.07. The topological polar surface area (TPSA) is 66.4 Å². The normalized spacial score (nSPS) is 14.7. The van der Waals surface area contributed by atoms with Crippen molar-refractivity contribution in [2.75, 3.05) is 26.2 Å². The van der Waals surface area contributed by atoms with Gasteiger partial charge in [-0.1, -0.05) is 19.9 Å². The monoisotopic (exact) mass is 338 g/mol. The van der Waals surface area contributed by atoms with Crippen LogP contribution in [-0.4, -0.2) is 57.8 Å². The maximum atomic E-state index is 12.8. The summed E-state index contributed by atoms with van der Waals surface area (Å²) < 4.78 is 0. The number of hydrogen-bond donors (Lipinski definition) is 0. The van der Waals surface area contributed by atoms with E-state index in [1.165, 1.54) is 0 Å². The van der Waals surface area contributed by atoms with Gasteiger partial charge in [-0.25, -0.2) is 0 Å². The van der Waals surface area contributed by atoms with E-state index in [1.807, 2.05) is 36.9 Å². The maximum Gasteiger partial charge on any atom is 0.254 e. The third-order valence-electron chi connectivity index (χ3n) is 4.31. The number of rotatable bonds is 3. The number of hydrogen-bond acceptors (Lipinski definition) is 4. The van der Waals surface area contributed by atoms with Crippen LogP contribution in [0.25, 0.3) is 11.4 Å². The largest absolute Gasteiger partial charge is 0.339 e. The Labute approximate surface area is 147 Å². The first-order valence-electron chi connectivity index (χ1n) is 8.52. The van der Waals surface area contributed by atoms with E-state index in [4.69, 9.17) is 0 Å². The Morgan fingerprint density at radius 3 is 2.24 bits per heavy atom. The first kappa shape index (κ1) is 17.1. The van der Waals surface area contributed by atoms with Crippen molar-refractivity contribution in [3.8, 4) is 11.4 Å². The number of aromatic nitrogens is 2. The zero-order valence-corrected chi connectivity index (χ0v) is 14.6. The van der Waals surface area contributed by atoms with Crippen LogP contribution in [-0.2, 0) is 4.79 Å². The Morgan fingerprint density at radius 1 is 0.920 bits per heavy atom. The summed E-state index contributed by atoms with van der Waals surface area (Å²) in [4.78, 5) is 37.0. The Bertz CT molecular complexity index is 753. The highest BCUT2D eigenvalue weighted by Gasteiger charge is 2.26. The van der Waals surface area contributed by atoms with E-state index in [0.29, 0.717) is 37.4 Å². The van der Waals surface area contributed by atoms with E-state index < -0.39 is 0 Å². The molecule has 2 aromatic heterocycles. The van der Waals surface area contributed by atoms with Gasteiger partial charge in [0.1, 0.15) is 0 Å². The Hall–Kier alpha value is -2.76. The second kappa shape index (κ2) is 7.42. The van der Waals surface area contributed by atoms with Crippen LogP contribution in [0.2, 0.25) is 0 Å². The van der Waals surface area contributed by atoms with Gasteiger partial charge in [-0.15, -0.1) is 0 Å². The first-order chi connectivity index (χ1) is 12.1. The van der Waals surface area contributed by atoms with Crippen LogP contribution in [0, 0.1) is 5.92 Å². The molecule has 0 saturated carbocycles. The zero-order valence-electron chi connectivity index (χ0n) is 14.6. The Kier molecular flexibility index (Phi) is 5.07. The Morgan fingerprint density at radius 2 is 1.60 bits per heavy atom. The number of pyridine rings is 2. The summed E-state index contributed by atoms with van der Waals surface area (Å²) in [5, 5.41) is 0. The van der Waals surface area contributed by atoms with Gasteiger partial charge < -0.3 is 9.80 Å². The highest BCUT2D eigenvalue weighted by Crippen LogP contribution is 2.17. The van der Waals surface area contributed by atoms with Crippen LogP contribution in [0.15, 0.2) is 42.7 Å². The van der Waals surface area contributed by atoms with Gasteiger partial charge in [0.2, 0.25) is 5.91 Å². The predicted molar refractivity (Wildman–Crippen MR) is 94.8 cm³/mol. The minimum Gasteiger partial charge on any atom is -0.339 e. The van der Waals surface area contributed by atoms with Crippen LogP contribution in [0.3, 0.4) is 0 Å². The van der Waals surface area contributed by atoms with Gasteiger partial charge in [0.25, 0.3) is 5.91 Å². The van der Waals surface area contributed by atoms with Crippen LogP contribution < -0.4 is 0 Å². The molecule has 0 spiro atoms. The summed E-state index contributed by atoms with van der Waals surface area (Å²) in [6.07, 6.45) is 3.34. The molecule has 0 N–H and O–H groups in total. The molecular weight excluding hydrogens is 316 g/mol. The maximum absolute atomic E-state index is 12.8. The van der Waals surface area contributed by atoms with Crippen molar-refractivity contribution in [2.45, 2.75) is 13.8 Å². The fraction of sp³-hybridized carbons (Fsp3) is 0.368. The molecule has 0 radical (unpaired) electrons. The van der Waals surface area contributed by atoms with E-state index in [9.17, 15) is 9.59 Å². The lowest BCUT2D eigenvalue weighted by Crippen LogP contribution is -2.51. The van der Waals surface area contributed by atoms with Crippen LogP contribution >= 0.6 is 0 Å². The standard InChI is InChI=1S/C19H22N4O2/c1-14(2)18(24)22-9-11-23(12-10-22)19(25)15-6-8-21-17(13-15)16-5-3-4-7-20-16/h3-8,13-14H,9-12H2,1-2H3. The molecule has 3 rings (SSSR count). The zero-order chi connectivity index (χ0) is 17.8. The summed E-state index contributed by atoms with van der Waals surface area (Å²) in [5.74, 6) is 0.105. The van der Waals surface area contributed by atoms with Crippen molar-refractivity contribution in [1.82, 2.24) is 19.8 Å². The van der Waals surface area contributed by atoms with Crippen molar-refractivity contribution < 1.29 is 9.59 Å². The van der Waals surface area contributed by atoms with Gasteiger partial charge in [-0.2, -0.15) is 0 Å². The molecule has 0 aromatic carbocycles. The SMILES string of the molecule is CC(C)C(=O)N1CCN(C(=O)c2ccnc(-c3ccccn3)c2)CC1. The van der Waals surface area contributed by atoms with E-state index >= 15 is 0 Å². The smallest absolute Gasteiger partial charge is 0.254 e. The van der Waals surface area contributed by atoms with Crippen LogP contribution in [0.1, 0.15) is 24.2 Å². The summed E-state index contributed by atoms with van der Waals surface area (Å²) in [6, 6.07) is 9.10. The fourth-order valence-electron chi connectivity index (χ4n) is 2.90. The lowest BCUT2D eigenvalue weighted by molar-refractivity contribution is -0.135. The molecule has 0 bridgehead atoms. The molecule has 6 nitrogen and oxygen atoms in total. The van der Waals surface area contributed by atoms with Crippen LogP contribution in [0.4, 0.5) is 0 Å². The Balaban J connectivity index is 1.69. The number of piperazine rings is 1.